The molecule has 1 aromatic carbocycles. The number of nitrogens with one attached hydrogen (secondary N) is 1. The molecule has 0 saturated heterocycles. The molecule has 2 nitrogen and oxygen atoms in total. The van der Waals surface area contributed by atoms with Crippen LogP contribution in [0.5, 0.6) is 0 Å². The zero-order valence-electron chi connectivity index (χ0n) is 13.8. The minimum Gasteiger partial charge on any atom is -0.353 e. The molecule has 2 fully saturated rings. The van der Waals surface area contributed by atoms with Gasteiger partial charge in [-0.1, -0.05) is 42.7 Å². The van der Waals surface area contributed by atoms with Crippen molar-refractivity contribution in [2.24, 2.45) is 5.92 Å². The fourth-order valence-electron chi connectivity index (χ4n) is 4.16. The van der Waals surface area contributed by atoms with Crippen LogP contribution in [0.25, 0.3) is 0 Å². The van der Waals surface area contributed by atoms with Gasteiger partial charge in [0.1, 0.15) is 0 Å². The standard InChI is InChI=1S/C20H29NO/c1-15-6-10-17(11-7-15)18-12-8-16(9-13-18)14-20(22)21-19-4-2-3-5-19/h6-7,10-11,16,18-19H,2-5,8-9,12-14H2,1H3,(H,21,22). The maximum absolute atomic E-state index is 12.1. The third-order valence-electron chi connectivity index (χ3n) is 5.59. The summed E-state index contributed by atoms with van der Waals surface area (Å²) in [5.74, 6) is 1.60. The van der Waals surface area contributed by atoms with Crippen molar-refractivity contribution >= 4 is 5.91 Å². The van der Waals surface area contributed by atoms with E-state index < -0.39 is 0 Å². The van der Waals surface area contributed by atoms with Gasteiger partial charge in [-0.25, -0.2) is 0 Å². The van der Waals surface area contributed by atoms with Crippen LogP contribution in [0.15, 0.2) is 24.3 Å². The van der Waals surface area contributed by atoms with Gasteiger partial charge in [0.2, 0.25) is 5.91 Å². The van der Waals surface area contributed by atoms with E-state index in [1.807, 2.05) is 0 Å². The number of hydrogen-bond acceptors (Lipinski definition) is 1. The lowest BCUT2D eigenvalue weighted by Crippen LogP contribution is -2.34. The van der Waals surface area contributed by atoms with Crippen molar-refractivity contribution in [1.29, 1.82) is 0 Å². The highest BCUT2D eigenvalue weighted by atomic mass is 16.1. The maximum atomic E-state index is 12.1. The van der Waals surface area contributed by atoms with Crippen molar-refractivity contribution in [1.82, 2.24) is 5.32 Å². The first-order chi connectivity index (χ1) is 10.7. The molecule has 0 atom stereocenters. The van der Waals surface area contributed by atoms with E-state index in [-0.39, 0.29) is 0 Å². The second kappa shape index (κ2) is 7.30. The number of carbonyl (C=O) groups is 1. The first-order valence-corrected chi connectivity index (χ1v) is 9.06. The first kappa shape index (κ1) is 15.6. The summed E-state index contributed by atoms with van der Waals surface area (Å²) in [4.78, 5) is 12.1. The molecule has 2 aliphatic carbocycles. The van der Waals surface area contributed by atoms with E-state index >= 15 is 0 Å². The minimum absolute atomic E-state index is 0.297. The van der Waals surface area contributed by atoms with Crippen molar-refractivity contribution < 1.29 is 4.79 Å². The summed E-state index contributed by atoms with van der Waals surface area (Å²) >= 11 is 0. The molecule has 0 radical (unpaired) electrons. The molecular weight excluding hydrogens is 270 g/mol. The molecule has 0 aromatic heterocycles. The van der Waals surface area contributed by atoms with Crippen LogP contribution in [-0.2, 0) is 4.79 Å². The van der Waals surface area contributed by atoms with Crippen molar-refractivity contribution in [3.63, 3.8) is 0 Å². The van der Waals surface area contributed by atoms with Crippen LogP contribution in [0.2, 0.25) is 0 Å². The van der Waals surface area contributed by atoms with Gasteiger partial charge in [-0.05, 0) is 62.8 Å². The van der Waals surface area contributed by atoms with E-state index in [1.165, 1.54) is 62.5 Å². The normalized spacial score (nSPS) is 26.0. The predicted octanol–water partition coefficient (Wildman–Crippen LogP) is 4.72. The second-order valence-corrected chi connectivity index (χ2v) is 7.38. The molecule has 2 heteroatoms. The van der Waals surface area contributed by atoms with Gasteiger partial charge in [0, 0.05) is 12.5 Å². The molecule has 3 rings (SSSR count). The Bertz CT molecular complexity index is 479. The van der Waals surface area contributed by atoms with E-state index in [0.717, 1.165) is 6.42 Å². The fraction of sp³-hybridized carbons (Fsp3) is 0.650. The molecule has 2 saturated carbocycles. The third kappa shape index (κ3) is 4.12. The van der Waals surface area contributed by atoms with Gasteiger partial charge in [0.25, 0.3) is 0 Å². The highest BCUT2D eigenvalue weighted by Crippen LogP contribution is 2.37. The molecule has 0 spiro atoms. The Morgan fingerprint density at radius 1 is 1.00 bits per heavy atom. The summed E-state index contributed by atoms with van der Waals surface area (Å²) in [5.41, 5.74) is 2.82. The number of amides is 1. The van der Waals surface area contributed by atoms with Gasteiger partial charge < -0.3 is 5.32 Å². The highest BCUT2D eigenvalue weighted by Gasteiger charge is 2.25. The molecule has 2 aliphatic rings. The molecule has 1 amide bonds. The maximum Gasteiger partial charge on any atom is 0.220 e. The van der Waals surface area contributed by atoms with Gasteiger partial charge in [-0.15, -0.1) is 0 Å². The molecule has 120 valence electrons. The van der Waals surface area contributed by atoms with Gasteiger partial charge in [-0.2, -0.15) is 0 Å². The first-order valence-electron chi connectivity index (χ1n) is 9.06. The quantitative estimate of drug-likeness (QED) is 0.856. The van der Waals surface area contributed by atoms with E-state index in [4.69, 9.17) is 0 Å². The zero-order chi connectivity index (χ0) is 15.4. The molecule has 0 bridgehead atoms. The van der Waals surface area contributed by atoms with Crippen LogP contribution < -0.4 is 5.32 Å². The summed E-state index contributed by atoms with van der Waals surface area (Å²) in [6.07, 6.45) is 10.6. The van der Waals surface area contributed by atoms with Gasteiger partial charge in [0.15, 0.2) is 0 Å². The van der Waals surface area contributed by atoms with Crippen LogP contribution in [0.1, 0.15) is 74.8 Å². The van der Waals surface area contributed by atoms with E-state index in [1.54, 1.807) is 0 Å². The van der Waals surface area contributed by atoms with E-state index in [9.17, 15) is 4.79 Å². The van der Waals surface area contributed by atoms with Crippen molar-refractivity contribution in [3.05, 3.63) is 35.4 Å². The zero-order valence-corrected chi connectivity index (χ0v) is 13.8. The molecular formula is C20H29NO. The molecule has 1 N–H and O–H groups in total. The summed E-state index contributed by atoms with van der Waals surface area (Å²) in [5, 5.41) is 3.24. The second-order valence-electron chi connectivity index (χ2n) is 7.38. The summed E-state index contributed by atoms with van der Waals surface area (Å²) in [6.45, 7) is 2.14. The Morgan fingerprint density at radius 3 is 2.27 bits per heavy atom. The SMILES string of the molecule is Cc1ccc(C2CCC(CC(=O)NC3CCCC3)CC2)cc1. The Labute approximate surface area is 134 Å². The number of aryl methyl sites for hydroxylation is 1. The molecule has 1 aromatic rings. The summed E-state index contributed by atoms with van der Waals surface area (Å²) < 4.78 is 0. The lowest BCUT2D eigenvalue weighted by Gasteiger charge is -2.29. The number of benzene rings is 1. The number of hydrogen-bond donors (Lipinski definition) is 1. The molecule has 22 heavy (non-hydrogen) atoms. The highest BCUT2D eigenvalue weighted by molar-refractivity contribution is 5.76. The number of rotatable bonds is 4. The number of carbonyl (C=O) groups excluding carboxylic acids is 1. The minimum atomic E-state index is 0.297. The third-order valence-corrected chi connectivity index (χ3v) is 5.59. The molecule has 0 heterocycles. The van der Waals surface area contributed by atoms with Crippen LogP contribution in [0.3, 0.4) is 0 Å². The van der Waals surface area contributed by atoms with Crippen LogP contribution in [0.4, 0.5) is 0 Å². The average molecular weight is 299 g/mol. The van der Waals surface area contributed by atoms with Crippen molar-refractivity contribution in [3.8, 4) is 0 Å². The van der Waals surface area contributed by atoms with Crippen LogP contribution in [0, 0.1) is 12.8 Å². The summed E-state index contributed by atoms with van der Waals surface area (Å²) in [6, 6.07) is 9.48. The average Bonchev–Trinajstić information content (AvgIpc) is 3.02. The molecule has 0 aliphatic heterocycles. The van der Waals surface area contributed by atoms with Gasteiger partial charge in [0.05, 0.1) is 0 Å². The Kier molecular flexibility index (Phi) is 5.17. The Hall–Kier alpha value is -1.31. The largest absolute Gasteiger partial charge is 0.353 e. The smallest absolute Gasteiger partial charge is 0.220 e. The Morgan fingerprint density at radius 2 is 1.64 bits per heavy atom. The van der Waals surface area contributed by atoms with Gasteiger partial charge in [-0.3, -0.25) is 4.79 Å². The van der Waals surface area contributed by atoms with Crippen LogP contribution in [-0.4, -0.2) is 11.9 Å². The van der Waals surface area contributed by atoms with Crippen molar-refractivity contribution in [2.45, 2.75) is 76.7 Å². The van der Waals surface area contributed by atoms with E-state index in [2.05, 4.69) is 36.5 Å². The fourth-order valence-corrected chi connectivity index (χ4v) is 4.16. The van der Waals surface area contributed by atoms with Crippen molar-refractivity contribution in [2.75, 3.05) is 0 Å². The monoisotopic (exact) mass is 299 g/mol. The lowest BCUT2D eigenvalue weighted by molar-refractivity contribution is -0.122. The Balaban J connectivity index is 1.43. The lowest BCUT2D eigenvalue weighted by atomic mass is 9.77. The molecule has 0 unspecified atom stereocenters. The summed E-state index contributed by atoms with van der Waals surface area (Å²) in [7, 11) is 0. The van der Waals surface area contributed by atoms with Crippen LogP contribution >= 0.6 is 0 Å². The van der Waals surface area contributed by atoms with Gasteiger partial charge >= 0.3 is 0 Å². The predicted molar refractivity (Wildman–Crippen MR) is 90.9 cm³/mol. The van der Waals surface area contributed by atoms with E-state index in [0.29, 0.717) is 23.8 Å². The topological polar surface area (TPSA) is 29.1 Å².